The zero-order chi connectivity index (χ0) is 14.3. The molecule has 102 valence electrons. The summed E-state index contributed by atoms with van der Waals surface area (Å²) in [6.07, 6.45) is -7.67. The standard InChI is InChI=1S/C11H6F6N2/c12-10(13,14)7-3-1-4-8(11(15,16)17)9(7)19-6-2-5-18-19/h1-6H. The Hall–Kier alpha value is -1.99. The molecule has 1 aromatic carbocycles. The predicted molar refractivity (Wildman–Crippen MR) is 53.6 cm³/mol. The molecule has 0 saturated carbocycles. The molecule has 0 spiro atoms. The first-order chi connectivity index (χ1) is 8.71. The van der Waals surface area contributed by atoms with Crippen LogP contribution in [0.3, 0.4) is 0 Å². The molecule has 0 atom stereocenters. The fraction of sp³-hybridized carbons (Fsp3) is 0.182. The molecule has 0 bridgehead atoms. The molecule has 0 aliphatic rings. The van der Waals surface area contributed by atoms with Crippen LogP contribution < -0.4 is 0 Å². The monoisotopic (exact) mass is 280 g/mol. The fourth-order valence-electron chi connectivity index (χ4n) is 1.65. The van der Waals surface area contributed by atoms with Gasteiger partial charge in [0.05, 0.1) is 16.8 Å². The molecule has 0 amide bonds. The topological polar surface area (TPSA) is 17.8 Å². The summed E-state index contributed by atoms with van der Waals surface area (Å²) in [5.74, 6) is 0. The maximum atomic E-state index is 12.8. The van der Waals surface area contributed by atoms with Gasteiger partial charge in [-0.05, 0) is 18.2 Å². The maximum absolute atomic E-state index is 12.8. The fourth-order valence-corrected chi connectivity index (χ4v) is 1.65. The Labute approximate surface area is 103 Å². The third-order valence-corrected chi connectivity index (χ3v) is 2.38. The van der Waals surface area contributed by atoms with Crippen molar-refractivity contribution in [2.75, 3.05) is 0 Å². The first kappa shape index (κ1) is 13.4. The van der Waals surface area contributed by atoms with Crippen molar-refractivity contribution in [2.45, 2.75) is 12.4 Å². The van der Waals surface area contributed by atoms with E-state index in [0.717, 1.165) is 18.5 Å². The van der Waals surface area contributed by atoms with Gasteiger partial charge in [0.25, 0.3) is 0 Å². The minimum absolute atomic E-state index is 0.561. The van der Waals surface area contributed by atoms with Crippen molar-refractivity contribution in [3.05, 3.63) is 47.8 Å². The lowest BCUT2D eigenvalue weighted by Crippen LogP contribution is -2.17. The summed E-state index contributed by atoms with van der Waals surface area (Å²) in [7, 11) is 0. The van der Waals surface area contributed by atoms with Gasteiger partial charge in [0.15, 0.2) is 0 Å². The van der Waals surface area contributed by atoms with Gasteiger partial charge in [-0.2, -0.15) is 31.4 Å². The van der Waals surface area contributed by atoms with Crippen molar-refractivity contribution in [1.29, 1.82) is 0 Å². The van der Waals surface area contributed by atoms with Crippen molar-refractivity contribution in [2.24, 2.45) is 0 Å². The number of hydrogen-bond donors (Lipinski definition) is 0. The number of para-hydroxylation sites is 1. The molecule has 0 fully saturated rings. The SMILES string of the molecule is FC(F)(F)c1cccc(C(F)(F)F)c1-n1cccn1. The van der Waals surface area contributed by atoms with Gasteiger partial charge in [0.2, 0.25) is 0 Å². The van der Waals surface area contributed by atoms with E-state index in [-0.39, 0.29) is 0 Å². The van der Waals surface area contributed by atoms with E-state index in [1.54, 1.807) is 0 Å². The van der Waals surface area contributed by atoms with Gasteiger partial charge in [0, 0.05) is 12.4 Å². The Balaban J connectivity index is 2.78. The third kappa shape index (κ3) is 2.56. The van der Waals surface area contributed by atoms with E-state index in [1.807, 2.05) is 0 Å². The van der Waals surface area contributed by atoms with E-state index in [1.165, 1.54) is 6.07 Å². The average molecular weight is 280 g/mol. The first-order valence-electron chi connectivity index (χ1n) is 4.98. The molecule has 2 rings (SSSR count). The number of rotatable bonds is 1. The third-order valence-electron chi connectivity index (χ3n) is 2.38. The molecule has 0 saturated heterocycles. The highest BCUT2D eigenvalue weighted by atomic mass is 19.4. The second kappa shape index (κ2) is 4.29. The van der Waals surface area contributed by atoms with Gasteiger partial charge >= 0.3 is 12.4 Å². The highest BCUT2D eigenvalue weighted by Gasteiger charge is 2.41. The molecule has 0 N–H and O–H groups in total. The van der Waals surface area contributed by atoms with Crippen LogP contribution in [0.25, 0.3) is 5.69 Å². The summed E-state index contributed by atoms with van der Waals surface area (Å²) < 4.78 is 77.4. The number of hydrogen-bond acceptors (Lipinski definition) is 1. The summed E-state index contributed by atoms with van der Waals surface area (Å²) in [5.41, 5.74) is -3.79. The second-order valence-electron chi connectivity index (χ2n) is 3.65. The highest BCUT2D eigenvalue weighted by molar-refractivity contribution is 5.50. The molecular weight excluding hydrogens is 274 g/mol. The van der Waals surface area contributed by atoms with Gasteiger partial charge < -0.3 is 0 Å². The van der Waals surface area contributed by atoms with Crippen LogP contribution in [0.2, 0.25) is 0 Å². The smallest absolute Gasteiger partial charge is 0.240 e. The molecule has 19 heavy (non-hydrogen) atoms. The first-order valence-corrected chi connectivity index (χ1v) is 4.98. The number of benzene rings is 1. The van der Waals surface area contributed by atoms with Gasteiger partial charge in [-0.25, -0.2) is 4.68 Å². The molecule has 8 heteroatoms. The Morgan fingerprint density at radius 2 is 1.37 bits per heavy atom. The normalized spacial score (nSPS) is 12.7. The zero-order valence-electron chi connectivity index (χ0n) is 9.13. The van der Waals surface area contributed by atoms with E-state index in [2.05, 4.69) is 5.10 Å². The van der Waals surface area contributed by atoms with Crippen molar-refractivity contribution < 1.29 is 26.3 Å². The minimum Gasteiger partial charge on any atom is -0.240 e. The van der Waals surface area contributed by atoms with E-state index >= 15 is 0 Å². The number of halogens is 6. The van der Waals surface area contributed by atoms with Gasteiger partial charge in [-0.3, -0.25) is 0 Å². The molecule has 0 radical (unpaired) electrons. The van der Waals surface area contributed by atoms with Crippen molar-refractivity contribution in [3.63, 3.8) is 0 Å². The number of alkyl halides is 6. The molecular formula is C11H6F6N2. The van der Waals surface area contributed by atoms with Gasteiger partial charge in [-0.15, -0.1) is 0 Å². The average Bonchev–Trinajstić information content (AvgIpc) is 2.78. The lowest BCUT2D eigenvalue weighted by atomic mass is 10.1. The lowest BCUT2D eigenvalue weighted by molar-refractivity contribution is -0.143. The van der Waals surface area contributed by atoms with Crippen LogP contribution in [0.5, 0.6) is 0 Å². The van der Waals surface area contributed by atoms with E-state index in [4.69, 9.17) is 0 Å². The van der Waals surface area contributed by atoms with Gasteiger partial charge in [0.1, 0.15) is 0 Å². The van der Waals surface area contributed by atoms with Crippen LogP contribution in [0.4, 0.5) is 26.3 Å². The van der Waals surface area contributed by atoms with Crippen molar-refractivity contribution in [3.8, 4) is 5.69 Å². The maximum Gasteiger partial charge on any atom is 0.418 e. The van der Waals surface area contributed by atoms with Crippen LogP contribution in [0, 0.1) is 0 Å². The summed E-state index contributed by atoms with van der Waals surface area (Å²) in [6, 6.07) is 3.14. The molecule has 2 nitrogen and oxygen atoms in total. The van der Waals surface area contributed by atoms with E-state index in [0.29, 0.717) is 16.8 Å². The van der Waals surface area contributed by atoms with Crippen molar-refractivity contribution >= 4 is 0 Å². The van der Waals surface area contributed by atoms with Crippen LogP contribution in [-0.2, 0) is 12.4 Å². The molecule has 1 heterocycles. The summed E-state index contributed by atoms with van der Waals surface area (Å²) >= 11 is 0. The molecule has 2 aromatic rings. The Morgan fingerprint density at radius 1 is 0.842 bits per heavy atom. The quantitative estimate of drug-likeness (QED) is 0.724. The Morgan fingerprint density at radius 3 is 1.74 bits per heavy atom. The van der Waals surface area contributed by atoms with Crippen molar-refractivity contribution in [1.82, 2.24) is 9.78 Å². The lowest BCUT2D eigenvalue weighted by Gasteiger charge is -2.18. The predicted octanol–water partition coefficient (Wildman–Crippen LogP) is 3.91. The summed E-state index contributed by atoms with van der Waals surface area (Å²) in [5, 5.41) is 3.45. The van der Waals surface area contributed by atoms with E-state index < -0.39 is 29.2 Å². The molecule has 0 aliphatic carbocycles. The summed E-state index contributed by atoms with van der Waals surface area (Å²) in [4.78, 5) is 0. The minimum atomic E-state index is -4.90. The second-order valence-corrected chi connectivity index (χ2v) is 3.65. The van der Waals surface area contributed by atoms with Crippen LogP contribution >= 0.6 is 0 Å². The highest BCUT2D eigenvalue weighted by Crippen LogP contribution is 2.40. The van der Waals surface area contributed by atoms with Crippen LogP contribution in [0.1, 0.15) is 11.1 Å². The van der Waals surface area contributed by atoms with Crippen LogP contribution in [-0.4, -0.2) is 9.78 Å². The van der Waals surface area contributed by atoms with E-state index in [9.17, 15) is 26.3 Å². The molecule has 1 aromatic heterocycles. The zero-order valence-corrected chi connectivity index (χ0v) is 9.13. The van der Waals surface area contributed by atoms with Crippen LogP contribution in [0.15, 0.2) is 36.7 Å². The molecule has 0 aliphatic heterocycles. The Kier molecular flexibility index (Phi) is 3.03. The summed E-state index contributed by atoms with van der Waals surface area (Å²) in [6.45, 7) is 0. The largest absolute Gasteiger partial charge is 0.418 e. The number of nitrogens with zero attached hydrogens (tertiary/aromatic N) is 2. The molecule has 0 unspecified atom stereocenters. The number of aromatic nitrogens is 2. The van der Waals surface area contributed by atoms with Gasteiger partial charge in [-0.1, -0.05) is 6.07 Å². The Bertz CT molecular complexity index is 536.